The molecule has 0 bridgehead atoms. The Bertz CT molecular complexity index is 1050. The van der Waals surface area contributed by atoms with Gasteiger partial charge >= 0.3 is 0 Å². The highest BCUT2D eigenvalue weighted by Gasteiger charge is 2.29. The molecule has 0 spiro atoms. The molecule has 0 unspecified atom stereocenters. The number of benzene rings is 2. The highest BCUT2D eigenvalue weighted by Crippen LogP contribution is 2.26. The Morgan fingerprint density at radius 3 is 2.47 bits per heavy atom. The molecule has 0 aliphatic carbocycles. The summed E-state index contributed by atoms with van der Waals surface area (Å²) in [5.41, 5.74) is 3.42. The molecule has 1 N–H and O–H groups in total. The first-order chi connectivity index (χ1) is 15.1. The van der Waals surface area contributed by atoms with E-state index in [9.17, 15) is 13.2 Å². The summed E-state index contributed by atoms with van der Waals surface area (Å²) >= 11 is 6.19. The van der Waals surface area contributed by atoms with E-state index in [1.165, 1.54) is 24.8 Å². The number of nitrogens with zero attached hydrogens (tertiary/aromatic N) is 2. The van der Waals surface area contributed by atoms with E-state index in [1.807, 2.05) is 19.1 Å². The molecule has 1 fully saturated rings. The van der Waals surface area contributed by atoms with Crippen molar-refractivity contribution >= 4 is 33.2 Å². The zero-order valence-corrected chi connectivity index (χ0v) is 20.5. The van der Waals surface area contributed by atoms with Crippen LogP contribution in [-0.4, -0.2) is 44.6 Å². The molecule has 2 aromatic rings. The topological polar surface area (TPSA) is 69.7 Å². The number of sulfonamides is 1. The number of piperidine rings is 1. The van der Waals surface area contributed by atoms with Gasteiger partial charge in [-0.05, 0) is 68.6 Å². The summed E-state index contributed by atoms with van der Waals surface area (Å²) in [6, 6.07) is 12.2. The molecule has 8 heteroatoms. The van der Waals surface area contributed by atoms with E-state index in [0.29, 0.717) is 17.3 Å². The van der Waals surface area contributed by atoms with Gasteiger partial charge in [0.25, 0.3) is 0 Å². The zero-order chi connectivity index (χ0) is 23.3. The lowest BCUT2D eigenvalue weighted by Crippen LogP contribution is -2.47. The van der Waals surface area contributed by atoms with Crippen molar-refractivity contribution < 1.29 is 13.2 Å². The van der Waals surface area contributed by atoms with E-state index in [1.54, 1.807) is 25.1 Å². The number of amides is 1. The van der Waals surface area contributed by atoms with Gasteiger partial charge in [0.2, 0.25) is 15.9 Å². The molecule has 1 aliphatic heterocycles. The van der Waals surface area contributed by atoms with Crippen LogP contribution in [0, 0.1) is 6.92 Å². The fourth-order valence-corrected chi connectivity index (χ4v) is 5.42. The van der Waals surface area contributed by atoms with Gasteiger partial charge in [0.05, 0.1) is 11.9 Å². The van der Waals surface area contributed by atoms with Crippen molar-refractivity contribution in [1.82, 2.24) is 10.2 Å². The summed E-state index contributed by atoms with van der Waals surface area (Å²) < 4.78 is 26.1. The van der Waals surface area contributed by atoms with Crippen molar-refractivity contribution in [3.8, 4) is 0 Å². The Balaban J connectivity index is 1.67. The molecule has 1 atom stereocenters. The van der Waals surface area contributed by atoms with Crippen LogP contribution < -0.4 is 9.62 Å². The summed E-state index contributed by atoms with van der Waals surface area (Å²) in [5, 5.41) is 3.34. The third-order valence-electron chi connectivity index (χ3n) is 5.81. The van der Waals surface area contributed by atoms with E-state index in [0.717, 1.165) is 41.3 Å². The van der Waals surface area contributed by atoms with Crippen LogP contribution in [0.5, 0.6) is 0 Å². The Hall–Kier alpha value is -2.09. The van der Waals surface area contributed by atoms with Gasteiger partial charge in [-0.3, -0.25) is 14.0 Å². The van der Waals surface area contributed by atoms with Gasteiger partial charge in [-0.15, -0.1) is 0 Å². The Kier molecular flexibility index (Phi) is 8.20. The van der Waals surface area contributed by atoms with Gasteiger partial charge in [-0.1, -0.05) is 48.4 Å². The number of likely N-dealkylation sites (tertiary alicyclic amines) is 1. The molecule has 0 radical (unpaired) electrons. The van der Waals surface area contributed by atoms with Crippen LogP contribution in [0.3, 0.4) is 0 Å². The maximum absolute atomic E-state index is 12.9. The second-order valence-electron chi connectivity index (χ2n) is 8.54. The minimum atomic E-state index is -3.69. The molecule has 1 heterocycles. The SMILES string of the molecule is Cc1ccc(N([C@@H](C)C(=O)NCc2cccc(CN3CCCCC3)c2)S(C)(=O)=O)cc1Cl. The number of nitrogens with one attached hydrogen (secondary N) is 1. The van der Waals surface area contributed by atoms with Crippen molar-refractivity contribution in [3.05, 3.63) is 64.2 Å². The van der Waals surface area contributed by atoms with Gasteiger partial charge in [0, 0.05) is 18.1 Å². The third kappa shape index (κ3) is 6.47. The molecule has 2 aromatic carbocycles. The molecule has 1 saturated heterocycles. The lowest BCUT2D eigenvalue weighted by Gasteiger charge is -2.28. The summed E-state index contributed by atoms with van der Waals surface area (Å²) in [7, 11) is -3.69. The minimum absolute atomic E-state index is 0.337. The fraction of sp³-hybridized carbons (Fsp3) is 0.458. The van der Waals surface area contributed by atoms with Crippen LogP contribution in [0.1, 0.15) is 42.9 Å². The van der Waals surface area contributed by atoms with Crippen LogP contribution in [0.15, 0.2) is 42.5 Å². The maximum Gasteiger partial charge on any atom is 0.243 e. The van der Waals surface area contributed by atoms with E-state index >= 15 is 0 Å². The van der Waals surface area contributed by atoms with Crippen molar-refractivity contribution in [2.24, 2.45) is 0 Å². The predicted molar refractivity (Wildman–Crippen MR) is 130 cm³/mol. The van der Waals surface area contributed by atoms with Crippen LogP contribution in [-0.2, 0) is 27.9 Å². The Morgan fingerprint density at radius 2 is 1.81 bits per heavy atom. The smallest absolute Gasteiger partial charge is 0.243 e. The van der Waals surface area contributed by atoms with Crippen LogP contribution in [0.25, 0.3) is 0 Å². The monoisotopic (exact) mass is 477 g/mol. The number of halogens is 1. The second-order valence-corrected chi connectivity index (χ2v) is 10.8. The molecule has 6 nitrogen and oxygen atoms in total. The average molecular weight is 478 g/mol. The molecular weight excluding hydrogens is 446 g/mol. The van der Waals surface area contributed by atoms with Crippen molar-refractivity contribution in [1.29, 1.82) is 0 Å². The normalized spacial score (nSPS) is 15.9. The first-order valence-corrected chi connectivity index (χ1v) is 13.2. The van der Waals surface area contributed by atoms with E-state index in [-0.39, 0.29) is 5.91 Å². The van der Waals surface area contributed by atoms with Gasteiger partial charge in [-0.2, -0.15) is 0 Å². The molecule has 1 amide bonds. The molecule has 3 rings (SSSR count). The highest BCUT2D eigenvalue weighted by atomic mass is 35.5. The molecular formula is C24H32ClN3O3S. The van der Waals surface area contributed by atoms with Crippen LogP contribution in [0.4, 0.5) is 5.69 Å². The lowest BCUT2D eigenvalue weighted by molar-refractivity contribution is -0.122. The standard InChI is InChI=1S/C24H32ClN3O3S/c1-18-10-11-22(15-23(18)25)28(32(3,30)31)19(2)24(29)26-16-20-8-7-9-21(14-20)17-27-12-5-4-6-13-27/h7-11,14-15,19H,4-6,12-13,16-17H2,1-3H3,(H,26,29)/t19-/m0/s1. The largest absolute Gasteiger partial charge is 0.350 e. The lowest BCUT2D eigenvalue weighted by atomic mass is 10.1. The first kappa shape index (κ1) is 24.6. The number of carbonyl (C=O) groups excluding carboxylic acids is 1. The number of hydrogen-bond acceptors (Lipinski definition) is 4. The number of rotatable bonds is 8. The summed E-state index contributed by atoms with van der Waals surface area (Å²) in [6.07, 6.45) is 4.89. The number of carbonyl (C=O) groups is 1. The molecule has 0 saturated carbocycles. The maximum atomic E-state index is 12.9. The highest BCUT2D eigenvalue weighted by molar-refractivity contribution is 7.92. The van der Waals surface area contributed by atoms with E-state index < -0.39 is 16.1 Å². The van der Waals surface area contributed by atoms with E-state index in [4.69, 9.17) is 11.6 Å². The average Bonchev–Trinajstić information content (AvgIpc) is 2.74. The summed E-state index contributed by atoms with van der Waals surface area (Å²) in [4.78, 5) is 15.3. The minimum Gasteiger partial charge on any atom is -0.350 e. The van der Waals surface area contributed by atoms with Crippen LogP contribution >= 0.6 is 11.6 Å². The van der Waals surface area contributed by atoms with Gasteiger partial charge in [0.1, 0.15) is 6.04 Å². The van der Waals surface area contributed by atoms with Gasteiger partial charge < -0.3 is 5.32 Å². The predicted octanol–water partition coefficient (Wildman–Crippen LogP) is 4.11. The fourth-order valence-electron chi connectivity index (χ4n) is 4.08. The van der Waals surface area contributed by atoms with Gasteiger partial charge in [-0.25, -0.2) is 8.42 Å². The first-order valence-electron chi connectivity index (χ1n) is 11.0. The quantitative estimate of drug-likeness (QED) is 0.621. The van der Waals surface area contributed by atoms with E-state index in [2.05, 4.69) is 22.3 Å². The van der Waals surface area contributed by atoms with Crippen molar-refractivity contribution in [3.63, 3.8) is 0 Å². The van der Waals surface area contributed by atoms with Crippen molar-refractivity contribution in [2.45, 2.75) is 52.2 Å². The Labute approximate surface area is 196 Å². The summed E-state index contributed by atoms with van der Waals surface area (Å²) in [5.74, 6) is -0.367. The zero-order valence-electron chi connectivity index (χ0n) is 19.0. The van der Waals surface area contributed by atoms with Gasteiger partial charge in [0.15, 0.2) is 0 Å². The number of aryl methyl sites for hydroxylation is 1. The molecule has 32 heavy (non-hydrogen) atoms. The third-order valence-corrected chi connectivity index (χ3v) is 7.46. The van der Waals surface area contributed by atoms with Crippen LogP contribution in [0.2, 0.25) is 5.02 Å². The van der Waals surface area contributed by atoms with Crippen molar-refractivity contribution in [2.75, 3.05) is 23.7 Å². The Morgan fingerprint density at radius 1 is 1.12 bits per heavy atom. The number of hydrogen-bond donors (Lipinski definition) is 1. The second kappa shape index (κ2) is 10.7. The molecule has 1 aliphatic rings. The number of anilines is 1. The summed E-state index contributed by atoms with van der Waals surface area (Å²) in [6.45, 7) is 6.92. The molecule has 174 valence electrons. The molecule has 0 aromatic heterocycles.